The molecule has 26 heavy (non-hydrogen) atoms. The molecule has 0 spiro atoms. The van der Waals surface area contributed by atoms with E-state index < -0.39 is 11.7 Å². The van der Waals surface area contributed by atoms with Crippen molar-refractivity contribution in [2.75, 3.05) is 6.61 Å². The van der Waals surface area contributed by atoms with Crippen molar-refractivity contribution in [1.29, 1.82) is 0 Å². The second-order valence-corrected chi connectivity index (χ2v) is 7.83. The van der Waals surface area contributed by atoms with Crippen molar-refractivity contribution >= 4 is 17.4 Å². The third-order valence-corrected chi connectivity index (χ3v) is 4.63. The van der Waals surface area contributed by atoms with Crippen LogP contribution in [0.1, 0.15) is 44.5 Å². The van der Waals surface area contributed by atoms with Crippen molar-refractivity contribution in [3.8, 4) is 10.4 Å². The number of carbonyl (C=O) groups excluding carboxylic acids is 1. The lowest BCUT2D eigenvalue weighted by Gasteiger charge is -2.23. The summed E-state index contributed by atoms with van der Waals surface area (Å²) in [5.41, 5.74) is 4.38. The Labute approximate surface area is 158 Å². The van der Waals surface area contributed by atoms with Crippen LogP contribution in [0.25, 0.3) is 10.4 Å². The van der Waals surface area contributed by atoms with E-state index in [2.05, 4.69) is 10.3 Å². The zero-order valence-corrected chi connectivity index (χ0v) is 16.5. The smallest absolute Gasteiger partial charge is 0.408 e. The van der Waals surface area contributed by atoms with Crippen LogP contribution in [0.3, 0.4) is 0 Å². The molecule has 2 N–H and O–H groups in total. The number of thiazole rings is 1. The molecule has 140 valence electrons. The first-order valence-electron chi connectivity index (χ1n) is 8.56. The van der Waals surface area contributed by atoms with E-state index in [0.717, 1.165) is 21.7 Å². The van der Waals surface area contributed by atoms with Gasteiger partial charge in [-0.05, 0) is 45.2 Å². The maximum Gasteiger partial charge on any atom is 0.408 e. The Balaban J connectivity index is 2.17. The predicted molar refractivity (Wildman–Crippen MR) is 105 cm³/mol. The molecule has 0 saturated carbocycles. The molecule has 1 aromatic carbocycles. The summed E-state index contributed by atoms with van der Waals surface area (Å²) < 4.78 is 5.36. The number of aromatic nitrogens is 1. The Morgan fingerprint density at radius 2 is 2.00 bits per heavy atom. The van der Waals surface area contributed by atoms with Crippen molar-refractivity contribution in [2.45, 2.75) is 45.8 Å². The van der Waals surface area contributed by atoms with Crippen molar-refractivity contribution in [2.24, 2.45) is 0 Å². The van der Waals surface area contributed by atoms with E-state index >= 15 is 0 Å². The van der Waals surface area contributed by atoms with Gasteiger partial charge in [0.15, 0.2) is 0 Å². The maximum atomic E-state index is 12.2. The Hall–Kier alpha value is -2.18. The summed E-state index contributed by atoms with van der Waals surface area (Å²) in [6, 6.07) is 7.85. The molecular formula is C20H26N2O3S. The number of aliphatic hydroxyl groups is 1. The molecule has 0 aliphatic carbocycles. The average molecular weight is 375 g/mol. The average Bonchev–Trinajstić information content (AvgIpc) is 2.99. The van der Waals surface area contributed by atoms with E-state index in [-0.39, 0.29) is 12.6 Å². The van der Waals surface area contributed by atoms with Crippen molar-refractivity contribution in [3.63, 3.8) is 0 Å². The molecule has 5 nitrogen and oxygen atoms in total. The third kappa shape index (κ3) is 5.97. The zero-order chi connectivity index (χ0) is 19.2. The van der Waals surface area contributed by atoms with E-state index in [0.29, 0.717) is 6.42 Å². The van der Waals surface area contributed by atoms with Gasteiger partial charge < -0.3 is 15.2 Å². The first-order valence-corrected chi connectivity index (χ1v) is 9.44. The van der Waals surface area contributed by atoms with E-state index in [4.69, 9.17) is 9.84 Å². The van der Waals surface area contributed by atoms with Crippen LogP contribution < -0.4 is 5.32 Å². The molecule has 0 saturated heterocycles. The first kappa shape index (κ1) is 20.1. The highest BCUT2D eigenvalue weighted by molar-refractivity contribution is 7.13. The van der Waals surface area contributed by atoms with Crippen LogP contribution in [0.4, 0.5) is 4.79 Å². The lowest BCUT2D eigenvalue weighted by molar-refractivity contribution is 0.0504. The number of nitrogens with one attached hydrogen (secondary N) is 1. The van der Waals surface area contributed by atoms with Gasteiger partial charge in [0.05, 0.1) is 28.7 Å². The topological polar surface area (TPSA) is 71.5 Å². The predicted octanol–water partition coefficient (Wildman–Crippen LogP) is 4.62. The lowest BCUT2D eigenvalue weighted by atomic mass is 10.0. The second kappa shape index (κ2) is 8.96. The number of aliphatic hydroxyl groups excluding tert-OH is 1. The molecule has 1 amide bonds. The summed E-state index contributed by atoms with van der Waals surface area (Å²) in [4.78, 5) is 17.6. The molecule has 2 rings (SSSR count). The molecule has 0 fully saturated rings. The fourth-order valence-electron chi connectivity index (χ4n) is 2.48. The Morgan fingerprint density at radius 1 is 1.31 bits per heavy atom. The summed E-state index contributed by atoms with van der Waals surface area (Å²) >= 11 is 1.61. The minimum atomic E-state index is -0.552. The fourth-order valence-corrected chi connectivity index (χ4v) is 3.29. The van der Waals surface area contributed by atoms with Crippen LogP contribution in [0, 0.1) is 6.92 Å². The number of benzene rings is 1. The van der Waals surface area contributed by atoms with Gasteiger partial charge in [-0.3, -0.25) is 0 Å². The van der Waals surface area contributed by atoms with Crippen molar-refractivity contribution in [1.82, 2.24) is 10.3 Å². The lowest BCUT2D eigenvalue weighted by Crippen LogP contribution is -2.34. The van der Waals surface area contributed by atoms with E-state index in [1.165, 1.54) is 0 Å². The minimum absolute atomic E-state index is 0.0250. The molecule has 2 aromatic rings. The summed E-state index contributed by atoms with van der Waals surface area (Å²) in [7, 11) is 0. The van der Waals surface area contributed by atoms with Gasteiger partial charge in [0, 0.05) is 0 Å². The standard InChI is InChI=1S/C20H26N2O3S/c1-14-18(26-13-21-14)16-10-8-15(9-11-16)17(7-5-6-12-23)22-19(24)25-20(2,3)4/h5-6,8-11,13,17,23H,7,12H2,1-4H3,(H,22,24)/b6-5+/t17-/m0/s1. The van der Waals surface area contributed by atoms with Crippen LogP contribution in [0.15, 0.2) is 41.9 Å². The van der Waals surface area contributed by atoms with Gasteiger partial charge >= 0.3 is 6.09 Å². The number of hydrogen-bond acceptors (Lipinski definition) is 5. The highest BCUT2D eigenvalue weighted by Crippen LogP contribution is 2.29. The molecule has 0 bridgehead atoms. The minimum Gasteiger partial charge on any atom is -0.444 e. The third-order valence-electron chi connectivity index (χ3n) is 3.66. The quantitative estimate of drug-likeness (QED) is 0.724. The molecule has 6 heteroatoms. The molecular weight excluding hydrogens is 348 g/mol. The largest absolute Gasteiger partial charge is 0.444 e. The summed E-state index contributed by atoms with van der Waals surface area (Å²) in [6.07, 6.45) is 3.63. The number of hydrogen-bond donors (Lipinski definition) is 2. The van der Waals surface area contributed by atoms with Crippen LogP contribution in [0.5, 0.6) is 0 Å². The van der Waals surface area contributed by atoms with Gasteiger partial charge in [-0.15, -0.1) is 11.3 Å². The van der Waals surface area contributed by atoms with Gasteiger partial charge in [0.25, 0.3) is 0 Å². The van der Waals surface area contributed by atoms with Crippen LogP contribution in [-0.4, -0.2) is 28.4 Å². The van der Waals surface area contributed by atoms with E-state index in [9.17, 15) is 4.79 Å². The SMILES string of the molecule is Cc1ncsc1-c1ccc([C@H](C/C=C/CO)NC(=O)OC(C)(C)C)cc1. The number of aryl methyl sites for hydroxylation is 1. The summed E-state index contributed by atoms with van der Waals surface area (Å²) in [5, 5.41) is 11.9. The molecule has 0 aliphatic rings. The number of nitrogens with zero attached hydrogens (tertiary/aromatic N) is 1. The van der Waals surface area contributed by atoms with Gasteiger partial charge in [0.2, 0.25) is 0 Å². The van der Waals surface area contributed by atoms with Gasteiger partial charge in [-0.1, -0.05) is 36.4 Å². The number of rotatable bonds is 6. The van der Waals surface area contributed by atoms with Gasteiger partial charge in [-0.25, -0.2) is 9.78 Å². The Bertz CT molecular complexity index is 745. The first-order chi connectivity index (χ1) is 12.3. The number of amides is 1. The van der Waals surface area contributed by atoms with Crippen molar-refractivity contribution in [3.05, 3.63) is 53.2 Å². The zero-order valence-electron chi connectivity index (χ0n) is 15.7. The van der Waals surface area contributed by atoms with E-state index in [1.54, 1.807) is 17.4 Å². The number of alkyl carbamates (subject to hydrolysis) is 1. The van der Waals surface area contributed by atoms with E-state index in [1.807, 2.05) is 63.5 Å². The molecule has 0 unspecified atom stereocenters. The number of ether oxygens (including phenoxy) is 1. The van der Waals surface area contributed by atoms with Crippen molar-refractivity contribution < 1.29 is 14.6 Å². The maximum absolute atomic E-state index is 12.2. The summed E-state index contributed by atoms with van der Waals surface area (Å²) in [5.74, 6) is 0. The molecule has 1 heterocycles. The second-order valence-electron chi connectivity index (χ2n) is 6.98. The Kier molecular flexibility index (Phi) is 6.94. The molecule has 0 radical (unpaired) electrons. The van der Waals surface area contributed by atoms with Gasteiger partial charge in [-0.2, -0.15) is 0 Å². The number of carbonyl (C=O) groups is 1. The molecule has 0 aliphatic heterocycles. The Morgan fingerprint density at radius 3 is 2.54 bits per heavy atom. The molecule has 1 aromatic heterocycles. The normalized spacial score (nSPS) is 13.0. The van der Waals surface area contributed by atoms with Crippen LogP contribution in [-0.2, 0) is 4.74 Å². The highest BCUT2D eigenvalue weighted by Gasteiger charge is 2.20. The monoisotopic (exact) mass is 374 g/mol. The fraction of sp³-hybridized carbons (Fsp3) is 0.400. The highest BCUT2D eigenvalue weighted by atomic mass is 32.1. The summed E-state index contributed by atoms with van der Waals surface area (Å²) in [6.45, 7) is 7.47. The van der Waals surface area contributed by atoms with Crippen LogP contribution >= 0.6 is 11.3 Å². The van der Waals surface area contributed by atoms with Gasteiger partial charge in [0.1, 0.15) is 5.60 Å². The van der Waals surface area contributed by atoms with Crippen LogP contribution in [0.2, 0.25) is 0 Å². The molecule has 1 atom stereocenters.